The highest BCUT2D eigenvalue weighted by Crippen LogP contribution is 2.13. The Morgan fingerprint density at radius 1 is 1.73 bits per heavy atom. The van der Waals surface area contributed by atoms with Gasteiger partial charge >= 0.3 is 0 Å². The van der Waals surface area contributed by atoms with Gasteiger partial charge in [-0.1, -0.05) is 0 Å². The van der Waals surface area contributed by atoms with E-state index in [0.29, 0.717) is 6.54 Å². The van der Waals surface area contributed by atoms with Crippen LogP contribution in [0.3, 0.4) is 0 Å². The fourth-order valence-corrected chi connectivity index (χ4v) is 1.21. The molecule has 0 unspecified atom stereocenters. The number of aromatic nitrogens is 2. The number of imidazole rings is 1. The van der Waals surface area contributed by atoms with Crippen molar-refractivity contribution in [3.05, 3.63) is 17.1 Å². The molecule has 2 nitrogen and oxygen atoms in total. The third-order valence-electron chi connectivity index (χ3n) is 1.16. The summed E-state index contributed by atoms with van der Waals surface area (Å²) in [6.45, 7) is 3.42. The molecule has 0 N–H and O–H groups in total. The Labute approximate surface area is 73.6 Å². The summed E-state index contributed by atoms with van der Waals surface area (Å²) < 4.78 is 15.5. The quantitative estimate of drug-likeness (QED) is 0.749. The summed E-state index contributed by atoms with van der Waals surface area (Å²) in [5, 5.41) is 0. The van der Waals surface area contributed by atoms with Crippen molar-refractivity contribution in [2.24, 2.45) is 0 Å². The second kappa shape index (κ2) is 2.93. The summed E-state index contributed by atoms with van der Waals surface area (Å²) in [5.41, 5.74) is -1.18. The van der Waals surface area contributed by atoms with E-state index in [1.807, 2.05) is 0 Å². The highest BCUT2D eigenvalue weighted by molar-refractivity contribution is 9.10. The average Bonchev–Trinajstić information content (AvgIpc) is 2.10. The van der Waals surface area contributed by atoms with Gasteiger partial charge in [-0.3, -0.25) is 0 Å². The molecule has 0 aliphatic carbocycles. The molecule has 1 aromatic heterocycles. The van der Waals surface area contributed by atoms with Crippen LogP contribution in [0.2, 0.25) is 0 Å². The number of alkyl halides is 1. The van der Waals surface area contributed by atoms with Gasteiger partial charge in [-0.2, -0.15) is 0 Å². The highest BCUT2D eigenvalue weighted by atomic mass is 79.9. The van der Waals surface area contributed by atoms with E-state index >= 15 is 0 Å². The van der Waals surface area contributed by atoms with E-state index < -0.39 is 5.67 Å². The monoisotopic (exact) mass is 220 g/mol. The van der Waals surface area contributed by atoms with Crippen molar-refractivity contribution in [1.29, 1.82) is 0 Å². The third-order valence-corrected chi connectivity index (χ3v) is 1.57. The van der Waals surface area contributed by atoms with Crippen LogP contribution in [-0.2, 0) is 6.54 Å². The molecule has 4 heteroatoms. The van der Waals surface area contributed by atoms with Gasteiger partial charge in [0.1, 0.15) is 10.3 Å². The molecule has 1 aromatic rings. The lowest BCUT2D eigenvalue weighted by Crippen LogP contribution is -2.19. The molecule has 0 radical (unpaired) electrons. The Bertz CT molecular complexity index is 239. The molecule has 1 rings (SSSR count). The molecule has 0 aromatic carbocycles. The topological polar surface area (TPSA) is 17.8 Å². The van der Waals surface area contributed by atoms with Gasteiger partial charge in [0.05, 0.1) is 12.9 Å². The molecule has 0 amide bonds. The van der Waals surface area contributed by atoms with Gasteiger partial charge in [-0.05, 0) is 29.8 Å². The van der Waals surface area contributed by atoms with Crippen LogP contribution in [0, 0.1) is 0 Å². The summed E-state index contributed by atoms with van der Waals surface area (Å²) in [4.78, 5) is 3.91. The Hall–Kier alpha value is -0.380. The zero-order chi connectivity index (χ0) is 8.48. The zero-order valence-corrected chi connectivity index (χ0v) is 8.10. The van der Waals surface area contributed by atoms with Crippen LogP contribution in [0.4, 0.5) is 4.39 Å². The predicted octanol–water partition coefficient (Wildman–Crippen LogP) is 2.39. The van der Waals surface area contributed by atoms with Gasteiger partial charge in [0.25, 0.3) is 0 Å². The first-order valence-electron chi connectivity index (χ1n) is 3.33. The van der Waals surface area contributed by atoms with E-state index in [9.17, 15) is 4.39 Å². The van der Waals surface area contributed by atoms with E-state index in [-0.39, 0.29) is 0 Å². The lowest BCUT2D eigenvalue weighted by Gasteiger charge is -2.13. The Morgan fingerprint density at radius 3 is 2.73 bits per heavy atom. The standard InChI is InChI=1S/C7H10BrFN2/c1-7(2,9)4-11-3-6(8)10-5-11/h3,5H,4H2,1-2H3. The molecule has 0 bridgehead atoms. The molecule has 1 heterocycles. The molecule has 0 atom stereocenters. The molecule has 0 saturated carbocycles. The number of hydrogen-bond donors (Lipinski definition) is 0. The molecule has 62 valence electrons. The van der Waals surface area contributed by atoms with Crippen molar-refractivity contribution < 1.29 is 4.39 Å². The second-order valence-electron chi connectivity index (χ2n) is 3.09. The van der Waals surface area contributed by atoms with Gasteiger partial charge in [0, 0.05) is 6.20 Å². The van der Waals surface area contributed by atoms with Crippen molar-refractivity contribution in [1.82, 2.24) is 9.55 Å². The molecule has 0 aliphatic heterocycles. The van der Waals surface area contributed by atoms with Crippen LogP contribution in [0.25, 0.3) is 0 Å². The average molecular weight is 221 g/mol. The summed E-state index contributed by atoms with van der Waals surface area (Å²) in [7, 11) is 0. The van der Waals surface area contributed by atoms with E-state index in [4.69, 9.17) is 0 Å². The Kier molecular flexibility index (Phi) is 2.32. The summed E-state index contributed by atoms with van der Waals surface area (Å²) in [6, 6.07) is 0. The molecular formula is C7H10BrFN2. The molecule has 11 heavy (non-hydrogen) atoms. The van der Waals surface area contributed by atoms with Gasteiger partial charge in [-0.15, -0.1) is 0 Å². The van der Waals surface area contributed by atoms with E-state index in [1.165, 1.54) is 0 Å². The van der Waals surface area contributed by atoms with Crippen LogP contribution in [-0.4, -0.2) is 15.2 Å². The molecule has 0 aliphatic rings. The maximum absolute atomic E-state index is 13.0. The number of rotatable bonds is 2. The minimum atomic E-state index is -1.18. The minimum absolute atomic E-state index is 0.339. The van der Waals surface area contributed by atoms with Crippen LogP contribution < -0.4 is 0 Å². The normalized spacial score (nSPS) is 12.0. The van der Waals surface area contributed by atoms with Crippen LogP contribution in [0.1, 0.15) is 13.8 Å². The molecule has 0 saturated heterocycles. The first-order chi connectivity index (χ1) is 4.97. The van der Waals surface area contributed by atoms with Crippen molar-refractivity contribution in [2.45, 2.75) is 26.1 Å². The van der Waals surface area contributed by atoms with Gasteiger partial charge < -0.3 is 4.57 Å². The molecule has 0 spiro atoms. The number of halogens is 2. The molecular weight excluding hydrogens is 211 g/mol. The van der Waals surface area contributed by atoms with E-state index in [2.05, 4.69) is 20.9 Å². The second-order valence-corrected chi connectivity index (χ2v) is 3.90. The van der Waals surface area contributed by atoms with Gasteiger partial charge in [0.2, 0.25) is 0 Å². The van der Waals surface area contributed by atoms with Gasteiger partial charge in [0.15, 0.2) is 0 Å². The Morgan fingerprint density at radius 2 is 2.36 bits per heavy atom. The lowest BCUT2D eigenvalue weighted by molar-refractivity contribution is 0.186. The smallest absolute Gasteiger partial charge is 0.124 e. The van der Waals surface area contributed by atoms with Crippen LogP contribution in [0.5, 0.6) is 0 Å². The lowest BCUT2D eigenvalue weighted by atomic mass is 10.2. The SMILES string of the molecule is CC(C)(F)Cn1cnc(Br)c1. The third kappa shape index (κ3) is 3.01. The highest BCUT2D eigenvalue weighted by Gasteiger charge is 2.15. The predicted molar refractivity (Wildman–Crippen MR) is 45.1 cm³/mol. The van der Waals surface area contributed by atoms with Crippen molar-refractivity contribution >= 4 is 15.9 Å². The maximum atomic E-state index is 13.0. The van der Waals surface area contributed by atoms with Crippen molar-refractivity contribution in [3.63, 3.8) is 0 Å². The minimum Gasteiger partial charge on any atom is -0.333 e. The van der Waals surface area contributed by atoms with Crippen molar-refractivity contribution in [2.75, 3.05) is 0 Å². The largest absolute Gasteiger partial charge is 0.333 e. The fraction of sp³-hybridized carbons (Fsp3) is 0.571. The summed E-state index contributed by atoms with van der Waals surface area (Å²) in [6.07, 6.45) is 3.35. The zero-order valence-electron chi connectivity index (χ0n) is 6.51. The maximum Gasteiger partial charge on any atom is 0.124 e. The summed E-state index contributed by atoms with van der Waals surface area (Å²) >= 11 is 3.19. The van der Waals surface area contributed by atoms with E-state index in [0.717, 1.165) is 4.60 Å². The summed E-state index contributed by atoms with van der Waals surface area (Å²) in [5.74, 6) is 0. The van der Waals surface area contributed by atoms with E-state index in [1.54, 1.807) is 30.9 Å². The van der Waals surface area contributed by atoms with Crippen molar-refractivity contribution in [3.8, 4) is 0 Å². The fourth-order valence-electron chi connectivity index (χ4n) is 0.853. The van der Waals surface area contributed by atoms with Gasteiger partial charge in [-0.25, -0.2) is 9.37 Å². The first kappa shape index (κ1) is 8.71. The Balaban J connectivity index is 2.65. The number of nitrogens with zero attached hydrogens (tertiary/aromatic N) is 2. The van der Waals surface area contributed by atoms with Crippen LogP contribution >= 0.6 is 15.9 Å². The first-order valence-corrected chi connectivity index (χ1v) is 4.13. The number of hydrogen-bond acceptors (Lipinski definition) is 1. The molecule has 0 fully saturated rings. The van der Waals surface area contributed by atoms with Crippen LogP contribution in [0.15, 0.2) is 17.1 Å².